The minimum atomic E-state index is -0.156. The molecule has 3 nitrogen and oxygen atoms in total. The van der Waals surface area contributed by atoms with Gasteiger partial charge in [0.1, 0.15) is 0 Å². The minimum Gasteiger partial charge on any atom is -0.330 e. The Morgan fingerprint density at radius 1 is 1.56 bits per heavy atom. The van der Waals surface area contributed by atoms with Gasteiger partial charge in [-0.1, -0.05) is 0 Å². The van der Waals surface area contributed by atoms with Crippen molar-refractivity contribution >= 4 is 5.78 Å². The summed E-state index contributed by atoms with van der Waals surface area (Å²) in [4.78, 5) is 10.6. The molecule has 0 heterocycles. The lowest BCUT2D eigenvalue weighted by molar-refractivity contribution is -0.111. The van der Waals surface area contributed by atoms with Gasteiger partial charge in [0.25, 0.3) is 0 Å². The van der Waals surface area contributed by atoms with Crippen molar-refractivity contribution in [1.29, 1.82) is 0 Å². The molecule has 1 aliphatic carbocycles. The van der Waals surface area contributed by atoms with Crippen molar-refractivity contribution in [3.63, 3.8) is 0 Å². The highest BCUT2D eigenvalue weighted by molar-refractivity contribution is 6.02. The van der Waals surface area contributed by atoms with E-state index in [0.29, 0.717) is 6.54 Å². The van der Waals surface area contributed by atoms with Crippen molar-refractivity contribution in [2.24, 2.45) is 17.4 Å². The molecule has 4 N–H and O–H groups in total. The summed E-state index contributed by atoms with van der Waals surface area (Å²) < 4.78 is 0. The van der Waals surface area contributed by atoms with E-state index in [1.54, 1.807) is 0 Å². The van der Waals surface area contributed by atoms with E-state index in [-0.39, 0.29) is 17.7 Å². The van der Waals surface area contributed by atoms with Gasteiger partial charge in [0, 0.05) is 5.92 Å². The van der Waals surface area contributed by atoms with Gasteiger partial charge in [-0.2, -0.15) is 0 Å². The van der Waals surface area contributed by atoms with Crippen LogP contribution in [-0.2, 0) is 4.79 Å². The second-order valence-corrected chi connectivity index (χ2v) is 2.47. The normalized spacial score (nSPS) is 32.9. The van der Waals surface area contributed by atoms with Crippen LogP contribution in [0.3, 0.4) is 0 Å². The van der Waals surface area contributed by atoms with Crippen LogP contribution in [0.2, 0.25) is 0 Å². The molecular formula is C6H12N2O. The van der Waals surface area contributed by atoms with Crippen molar-refractivity contribution in [3.8, 4) is 0 Å². The topological polar surface area (TPSA) is 69.1 Å². The van der Waals surface area contributed by atoms with Gasteiger partial charge in [0.15, 0.2) is 5.78 Å². The number of hydrogen-bond acceptors (Lipinski definition) is 3. The minimum absolute atomic E-state index is 0.147. The summed E-state index contributed by atoms with van der Waals surface area (Å²) in [5, 5.41) is 0. The molecule has 0 aliphatic heterocycles. The highest BCUT2D eigenvalue weighted by Crippen LogP contribution is 2.27. The zero-order chi connectivity index (χ0) is 6.85. The van der Waals surface area contributed by atoms with Gasteiger partial charge in [-0.05, 0) is 19.4 Å². The molecule has 0 aromatic carbocycles. The Kier molecular flexibility index (Phi) is 1.83. The summed E-state index contributed by atoms with van der Waals surface area (Å²) >= 11 is 0. The van der Waals surface area contributed by atoms with Crippen LogP contribution in [-0.4, -0.2) is 18.4 Å². The molecule has 0 saturated heterocycles. The predicted molar refractivity (Wildman–Crippen MR) is 34.8 cm³/mol. The first kappa shape index (κ1) is 6.71. The zero-order valence-electron chi connectivity index (χ0n) is 5.34. The first-order chi connectivity index (χ1) is 4.27. The number of ketones is 1. The molecule has 52 valence electrons. The van der Waals surface area contributed by atoms with Crippen LogP contribution in [0.25, 0.3) is 0 Å². The van der Waals surface area contributed by atoms with E-state index in [4.69, 9.17) is 11.5 Å². The molecule has 3 heteroatoms. The van der Waals surface area contributed by atoms with E-state index in [1.807, 2.05) is 0 Å². The van der Waals surface area contributed by atoms with Crippen LogP contribution in [0.15, 0.2) is 0 Å². The van der Waals surface area contributed by atoms with Crippen LogP contribution in [0.5, 0.6) is 0 Å². The van der Waals surface area contributed by atoms with Crippen LogP contribution in [0.1, 0.15) is 12.8 Å². The quantitative estimate of drug-likeness (QED) is 0.525. The summed E-state index contributed by atoms with van der Waals surface area (Å²) in [6, 6.07) is -0.156. The highest BCUT2D eigenvalue weighted by atomic mass is 16.1. The molecular weight excluding hydrogens is 116 g/mol. The lowest BCUT2D eigenvalue weighted by atomic mass is 10.2. The van der Waals surface area contributed by atoms with E-state index >= 15 is 0 Å². The van der Waals surface area contributed by atoms with Gasteiger partial charge in [0.05, 0.1) is 6.04 Å². The van der Waals surface area contributed by atoms with Gasteiger partial charge >= 0.3 is 0 Å². The fourth-order valence-corrected chi connectivity index (χ4v) is 0.973. The van der Waals surface area contributed by atoms with E-state index in [0.717, 1.165) is 12.8 Å². The maximum absolute atomic E-state index is 10.6. The molecule has 0 radical (unpaired) electrons. The number of carbonyl (C=O) groups is 1. The summed E-state index contributed by atoms with van der Waals surface area (Å²) in [6.45, 7) is 0.663. The first-order valence-electron chi connectivity index (χ1n) is 3.26. The third-order valence-corrected chi connectivity index (χ3v) is 1.74. The Morgan fingerprint density at radius 2 is 2.11 bits per heavy atom. The lowest BCUT2D eigenvalue weighted by Crippen LogP contribution is -2.04. The van der Waals surface area contributed by atoms with Crippen molar-refractivity contribution < 1.29 is 4.79 Å². The molecule has 0 amide bonds. The van der Waals surface area contributed by atoms with Crippen LogP contribution < -0.4 is 11.5 Å². The zero-order valence-corrected chi connectivity index (χ0v) is 5.34. The maximum Gasteiger partial charge on any atom is 0.155 e. The average Bonchev–Trinajstić information content (AvgIpc) is 2.39. The maximum atomic E-state index is 10.6. The molecule has 0 bridgehead atoms. The summed E-state index contributed by atoms with van der Waals surface area (Å²) in [6.07, 6.45) is 1.81. The molecule has 0 spiro atoms. The summed E-state index contributed by atoms with van der Waals surface area (Å²) in [5.74, 6) is 0.358. The van der Waals surface area contributed by atoms with E-state index in [1.165, 1.54) is 0 Å². The number of nitrogens with two attached hydrogens (primary N) is 2. The number of hydrogen-bond donors (Lipinski definition) is 2. The smallest absolute Gasteiger partial charge is 0.155 e. The van der Waals surface area contributed by atoms with Gasteiger partial charge in [0.2, 0.25) is 0 Å². The Labute approximate surface area is 54.4 Å². The molecule has 2 unspecified atom stereocenters. The fraction of sp³-hybridized carbons (Fsp3) is 0.833. The number of Topliss-reactive ketones (excluding diaryl/α,β-unsaturated/α-hetero) is 1. The Bertz CT molecular complexity index is 124. The van der Waals surface area contributed by atoms with E-state index in [2.05, 4.69) is 0 Å². The second kappa shape index (κ2) is 2.45. The largest absolute Gasteiger partial charge is 0.330 e. The Morgan fingerprint density at radius 3 is 2.44 bits per heavy atom. The van der Waals surface area contributed by atoms with Gasteiger partial charge in [-0.15, -0.1) is 0 Å². The van der Waals surface area contributed by atoms with Crippen molar-refractivity contribution in [2.45, 2.75) is 18.9 Å². The standard InChI is InChI=1S/C6H12N2O/c7-3-1-2-4-5(8)6(4)9/h4-5H,1-3,7-8H2. The molecule has 0 aromatic rings. The predicted octanol–water partition coefficient (Wildman–Crippen LogP) is -0.748. The third-order valence-electron chi connectivity index (χ3n) is 1.74. The molecule has 2 atom stereocenters. The molecule has 1 rings (SSSR count). The Hall–Kier alpha value is -0.410. The van der Waals surface area contributed by atoms with Crippen molar-refractivity contribution in [3.05, 3.63) is 0 Å². The van der Waals surface area contributed by atoms with Crippen LogP contribution >= 0.6 is 0 Å². The number of carbonyl (C=O) groups excluding carboxylic acids is 1. The molecule has 1 fully saturated rings. The highest BCUT2D eigenvalue weighted by Gasteiger charge is 2.44. The van der Waals surface area contributed by atoms with Crippen molar-refractivity contribution in [2.75, 3.05) is 6.54 Å². The number of rotatable bonds is 3. The Balaban J connectivity index is 2.11. The van der Waals surface area contributed by atoms with Crippen LogP contribution in [0.4, 0.5) is 0 Å². The van der Waals surface area contributed by atoms with Crippen LogP contribution in [0, 0.1) is 5.92 Å². The van der Waals surface area contributed by atoms with E-state index in [9.17, 15) is 4.79 Å². The lowest BCUT2D eigenvalue weighted by Gasteiger charge is -1.89. The SMILES string of the molecule is NCCCC1C(=O)C1N. The van der Waals surface area contributed by atoms with Gasteiger partial charge in [-0.25, -0.2) is 0 Å². The fourth-order valence-electron chi connectivity index (χ4n) is 0.973. The van der Waals surface area contributed by atoms with Gasteiger partial charge < -0.3 is 11.5 Å². The third kappa shape index (κ3) is 1.28. The average molecular weight is 128 g/mol. The second-order valence-electron chi connectivity index (χ2n) is 2.47. The van der Waals surface area contributed by atoms with E-state index < -0.39 is 0 Å². The monoisotopic (exact) mass is 128 g/mol. The summed E-state index contributed by atoms with van der Waals surface area (Å²) in [7, 11) is 0. The molecule has 1 aliphatic rings. The summed E-state index contributed by atoms with van der Waals surface area (Å²) in [5.41, 5.74) is 10.6. The molecule has 0 aromatic heterocycles. The molecule has 9 heavy (non-hydrogen) atoms. The first-order valence-corrected chi connectivity index (χ1v) is 3.26. The molecule has 1 saturated carbocycles. The van der Waals surface area contributed by atoms with Crippen molar-refractivity contribution in [1.82, 2.24) is 0 Å². The van der Waals surface area contributed by atoms with Gasteiger partial charge in [-0.3, -0.25) is 4.79 Å².